The summed E-state index contributed by atoms with van der Waals surface area (Å²) >= 11 is 9.26. The number of ether oxygens (including phenoxy) is 2. The summed E-state index contributed by atoms with van der Waals surface area (Å²) in [6.45, 7) is 2.68. The molecule has 9 heteroatoms. The summed E-state index contributed by atoms with van der Waals surface area (Å²) in [5.41, 5.74) is 3.57. The largest absolute Gasteiger partial charge is 0.493 e. The summed E-state index contributed by atoms with van der Waals surface area (Å²) < 4.78 is 11.9. The number of unbranched alkanes of at least 4 members (excludes halogenated alkanes) is 1. The smallest absolute Gasteiger partial charge is 0.249 e. The van der Waals surface area contributed by atoms with E-state index < -0.39 is 11.8 Å². The van der Waals surface area contributed by atoms with Crippen LogP contribution < -0.4 is 20.2 Å². The first kappa shape index (κ1) is 23.7. The number of methoxy groups -OCH3 is 1. The molecular formula is C21H23BrClN3O4. The van der Waals surface area contributed by atoms with Gasteiger partial charge in [0.15, 0.2) is 11.5 Å². The van der Waals surface area contributed by atoms with Gasteiger partial charge in [-0.15, -0.1) is 0 Å². The summed E-state index contributed by atoms with van der Waals surface area (Å²) in [4.78, 5) is 23.8. The molecule has 30 heavy (non-hydrogen) atoms. The SMILES string of the molecule is CCCCOc1c(Br)cc(C=NNC(=O)CC(=O)Nc2ccc(Cl)cc2)cc1OC. The van der Waals surface area contributed by atoms with Gasteiger partial charge in [-0.2, -0.15) is 5.10 Å². The van der Waals surface area contributed by atoms with Gasteiger partial charge in [0.05, 0.1) is 24.4 Å². The molecule has 2 aromatic rings. The second-order valence-electron chi connectivity index (χ2n) is 6.26. The summed E-state index contributed by atoms with van der Waals surface area (Å²) in [6, 6.07) is 10.1. The number of anilines is 1. The minimum absolute atomic E-state index is 0.364. The van der Waals surface area contributed by atoms with Crippen molar-refractivity contribution in [2.24, 2.45) is 5.10 Å². The Morgan fingerprint density at radius 3 is 2.60 bits per heavy atom. The number of benzene rings is 2. The van der Waals surface area contributed by atoms with Gasteiger partial charge < -0.3 is 14.8 Å². The van der Waals surface area contributed by atoms with Crippen molar-refractivity contribution in [1.29, 1.82) is 0 Å². The molecule has 2 amide bonds. The van der Waals surface area contributed by atoms with Crippen molar-refractivity contribution in [3.8, 4) is 11.5 Å². The van der Waals surface area contributed by atoms with Crippen LogP contribution in [-0.2, 0) is 9.59 Å². The van der Waals surface area contributed by atoms with Crippen LogP contribution in [0.1, 0.15) is 31.7 Å². The second kappa shape index (κ2) is 12.2. The molecule has 0 saturated carbocycles. The number of halogens is 2. The third kappa shape index (κ3) is 7.68. The molecule has 0 aromatic heterocycles. The summed E-state index contributed by atoms with van der Waals surface area (Å²) in [7, 11) is 1.55. The molecular weight excluding hydrogens is 474 g/mol. The number of amides is 2. The number of carbonyl (C=O) groups excluding carboxylic acids is 2. The monoisotopic (exact) mass is 495 g/mol. The van der Waals surface area contributed by atoms with Crippen molar-refractivity contribution >= 4 is 51.2 Å². The fraction of sp³-hybridized carbons (Fsp3) is 0.286. The first-order chi connectivity index (χ1) is 14.4. The summed E-state index contributed by atoms with van der Waals surface area (Å²) in [5.74, 6) is 0.174. The summed E-state index contributed by atoms with van der Waals surface area (Å²) in [6.07, 6.45) is 3.06. The Morgan fingerprint density at radius 2 is 1.93 bits per heavy atom. The molecule has 0 unspecified atom stereocenters. The van der Waals surface area contributed by atoms with E-state index in [9.17, 15) is 9.59 Å². The molecule has 0 heterocycles. The third-order valence-electron chi connectivity index (χ3n) is 3.85. The van der Waals surface area contributed by atoms with E-state index in [1.165, 1.54) is 6.21 Å². The minimum Gasteiger partial charge on any atom is -0.493 e. The lowest BCUT2D eigenvalue weighted by Gasteiger charge is -2.13. The van der Waals surface area contributed by atoms with Crippen LogP contribution in [0, 0.1) is 0 Å². The van der Waals surface area contributed by atoms with Gasteiger partial charge in [0.2, 0.25) is 11.8 Å². The van der Waals surface area contributed by atoms with Gasteiger partial charge in [-0.05, 0) is 64.3 Å². The van der Waals surface area contributed by atoms with Crippen molar-refractivity contribution in [3.63, 3.8) is 0 Å². The van der Waals surface area contributed by atoms with E-state index in [0.29, 0.717) is 38.9 Å². The highest BCUT2D eigenvalue weighted by atomic mass is 79.9. The predicted octanol–water partition coefficient (Wildman–Crippen LogP) is 4.77. The van der Waals surface area contributed by atoms with E-state index in [0.717, 1.165) is 12.8 Å². The van der Waals surface area contributed by atoms with Crippen LogP contribution >= 0.6 is 27.5 Å². The van der Waals surface area contributed by atoms with E-state index in [1.807, 2.05) is 0 Å². The van der Waals surface area contributed by atoms with Crippen molar-refractivity contribution in [3.05, 3.63) is 51.5 Å². The highest BCUT2D eigenvalue weighted by Gasteiger charge is 2.12. The van der Waals surface area contributed by atoms with Gasteiger partial charge in [0.1, 0.15) is 6.42 Å². The Kier molecular flexibility index (Phi) is 9.63. The Bertz CT molecular complexity index is 904. The Labute approximate surface area is 188 Å². The fourth-order valence-electron chi connectivity index (χ4n) is 2.38. The van der Waals surface area contributed by atoms with Gasteiger partial charge in [0.25, 0.3) is 0 Å². The maximum Gasteiger partial charge on any atom is 0.249 e. The third-order valence-corrected chi connectivity index (χ3v) is 4.69. The number of nitrogens with one attached hydrogen (secondary N) is 2. The maximum absolute atomic E-state index is 11.9. The van der Waals surface area contributed by atoms with Crippen molar-refractivity contribution in [2.45, 2.75) is 26.2 Å². The quantitative estimate of drug-likeness (QED) is 0.215. The highest BCUT2D eigenvalue weighted by molar-refractivity contribution is 9.10. The van der Waals surface area contributed by atoms with E-state index in [1.54, 1.807) is 43.5 Å². The summed E-state index contributed by atoms with van der Waals surface area (Å²) in [5, 5.41) is 7.07. The number of hydrogen-bond donors (Lipinski definition) is 2. The van der Waals surface area contributed by atoms with Gasteiger partial charge in [-0.1, -0.05) is 24.9 Å². The molecule has 0 aliphatic carbocycles. The van der Waals surface area contributed by atoms with Crippen LogP contribution in [-0.4, -0.2) is 31.7 Å². The van der Waals surface area contributed by atoms with Crippen LogP contribution in [0.5, 0.6) is 11.5 Å². The number of rotatable bonds is 10. The normalized spacial score (nSPS) is 10.7. The van der Waals surface area contributed by atoms with Crippen LogP contribution in [0.2, 0.25) is 5.02 Å². The molecule has 2 N–H and O–H groups in total. The molecule has 0 fully saturated rings. The Hall–Kier alpha value is -2.58. The number of carbonyl (C=O) groups is 2. The standard InChI is InChI=1S/C21H23BrClN3O4/c1-3-4-9-30-21-17(22)10-14(11-18(21)29-2)13-24-26-20(28)12-19(27)25-16-7-5-15(23)6-8-16/h5-8,10-11,13H,3-4,9,12H2,1-2H3,(H,25,27)(H,26,28). The number of nitrogens with zero attached hydrogens (tertiary/aromatic N) is 1. The number of hydrazone groups is 1. The van der Waals surface area contributed by atoms with Gasteiger partial charge in [0, 0.05) is 10.7 Å². The van der Waals surface area contributed by atoms with Crippen LogP contribution in [0.25, 0.3) is 0 Å². The second-order valence-corrected chi connectivity index (χ2v) is 7.55. The first-order valence-corrected chi connectivity index (χ1v) is 10.5. The maximum atomic E-state index is 11.9. The molecule has 0 aliphatic rings. The van der Waals surface area contributed by atoms with Crippen LogP contribution in [0.4, 0.5) is 5.69 Å². The van der Waals surface area contributed by atoms with Crippen molar-refractivity contribution in [1.82, 2.24) is 5.43 Å². The molecule has 0 radical (unpaired) electrons. The molecule has 2 aromatic carbocycles. The molecule has 0 atom stereocenters. The molecule has 160 valence electrons. The Morgan fingerprint density at radius 1 is 1.20 bits per heavy atom. The van der Waals surface area contributed by atoms with E-state index >= 15 is 0 Å². The first-order valence-electron chi connectivity index (χ1n) is 9.30. The van der Waals surface area contributed by atoms with Crippen LogP contribution in [0.15, 0.2) is 46.0 Å². The fourth-order valence-corrected chi connectivity index (χ4v) is 3.08. The average molecular weight is 497 g/mol. The minimum atomic E-state index is -0.539. The van der Waals surface area contributed by atoms with E-state index in [2.05, 4.69) is 38.7 Å². The molecule has 2 rings (SSSR count). The lowest BCUT2D eigenvalue weighted by Crippen LogP contribution is -2.24. The van der Waals surface area contributed by atoms with Crippen molar-refractivity contribution < 1.29 is 19.1 Å². The topological polar surface area (TPSA) is 89.0 Å². The predicted molar refractivity (Wildman–Crippen MR) is 122 cm³/mol. The van der Waals surface area contributed by atoms with Crippen molar-refractivity contribution in [2.75, 3.05) is 19.0 Å². The van der Waals surface area contributed by atoms with Crippen LogP contribution in [0.3, 0.4) is 0 Å². The highest BCUT2D eigenvalue weighted by Crippen LogP contribution is 2.36. The zero-order valence-corrected chi connectivity index (χ0v) is 19.0. The average Bonchev–Trinajstić information content (AvgIpc) is 2.71. The molecule has 7 nitrogen and oxygen atoms in total. The Balaban J connectivity index is 1.90. The zero-order valence-electron chi connectivity index (χ0n) is 16.7. The lowest BCUT2D eigenvalue weighted by molar-refractivity contribution is -0.126. The number of hydrogen-bond acceptors (Lipinski definition) is 5. The van der Waals surface area contributed by atoms with E-state index in [-0.39, 0.29) is 6.42 Å². The lowest BCUT2D eigenvalue weighted by atomic mass is 10.2. The van der Waals surface area contributed by atoms with Gasteiger partial charge in [-0.3, -0.25) is 9.59 Å². The molecule has 0 saturated heterocycles. The van der Waals surface area contributed by atoms with Gasteiger partial charge in [-0.25, -0.2) is 5.43 Å². The zero-order chi connectivity index (χ0) is 21.9. The molecule has 0 spiro atoms. The van der Waals surface area contributed by atoms with Gasteiger partial charge >= 0.3 is 0 Å². The molecule has 0 aliphatic heterocycles. The molecule has 0 bridgehead atoms. The van der Waals surface area contributed by atoms with E-state index in [4.69, 9.17) is 21.1 Å².